The number of urea groups is 1. The Morgan fingerprint density at radius 2 is 2.06 bits per heavy atom. The van der Waals surface area contributed by atoms with Crippen LogP contribution in [0.1, 0.15) is 18.9 Å². The molecule has 17 heavy (non-hydrogen) atoms. The van der Waals surface area contributed by atoms with E-state index in [2.05, 4.69) is 10.6 Å². The summed E-state index contributed by atoms with van der Waals surface area (Å²) in [6.45, 7) is 2.49. The largest absolute Gasteiger partial charge is 0.394 e. The Bertz CT molecular complexity index is 323. The molecule has 0 aromatic heterocycles. The number of aliphatic hydroxyl groups excluding tert-OH is 1. The number of benzene rings is 1. The number of carbonyl (C=O) groups is 1. The smallest absolute Gasteiger partial charge is 0.315 e. The first-order chi connectivity index (χ1) is 8.26. The number of hydrogen-bond acceptors (Lipinski definition) is 2. The van der Waals surface area contributed by atoms with Crippen molar-refractivity contribution in [3.8, 4) is 0 Å². The third kappa shape index (κ3) is 5.36. The summed E-state index contributed by atoms with van der Waals surface area (Å²) in [5.41, 5.74) is 1.20. The Labute approximate surface area is 102 Å². The van der Waals surface area contributed by atoms with Gasteiger partial charge >= 0.3 is 6.03 Å². The summed E-state index contributed by atoms with van der Waals surface area (Å²) in [6, 6.07) is 9.61. The van der Waals surface area contributed by atoms with E-state index in [4.69, 9.17) is 5.11 Å². The Hall–Kier alpha value is -1.55. The number of carbonyl (C=O) groups excluding carboxylic acids is 1. The summed E-state index contributed by atoms with van der Waals surface area (Å²) in [7, 11) is 0. The van der Waals surface area contributed by atoms with Gasteiger partial charge in [0.15, 0.2) is 0 Å². The molecular formula is C13H20N2O2. The van der Waals surface area contributed by atoms with Gasteiger partial charge in [0.1, 0.15) is 0 Å². The molecule has 1 aromatic rings. The van der Waals surface area contributed by atoms with E-state index < -0.39 is 0 Å². The van der Waals surface area contributed by atoms with E-state index in [0.717, 1.165) is 12.8 Å². The quantitative estimate of drug-likeness (QED) is 0.697. The monoisotopic (exact) mass is 236 g/mol. The summed E-state index contributed by atoms with van der Waals surface area (Å²) in [5, 5.41) is 14.4. The SMILES string of the molecule is CCC(CO)NC(=O)NCCc1ccccc1. The van der Waals surface area contributed by atoms with Crippen LogP contribution in [-0.2, 0) is 6.42 Å². The van der Waals surface area contributed by atoms with Gasteiger partial charge in [-0.25, -0.2) is 4.79 Å². The van der Waals surface area contributed by atoms with Crippen LogP contribution in [0.25, 0.3) is 0 Å². The number of hydrogen-bond donors (Lipinski definition) is 3. The normalized spacial score (nSPS) is 11.9. The molecule has 0 aliphatic carbocycles. The Morgan fingerprint density at radius 3 is 2.65 bits per heavy atom. The molecule has 4 nitrogen and oxygen atoms in total. The van der Waals surface area contributed by atoms with E-state index in [1.165, 1.54) is 5.56 Å². The fraction of sp³-hybridized carbons (Fsp3) is 0.462. The van der Waals surface area contributed by atoms with Gasteiger partial charge in [0.2, 0.25) is 0 Å². The minimum absolute atomic E-state index is 0.0252. The van der Waals surface area contributed by atoms with Crippen molar-refractivity contribution in [2.24, 2.45) is 0 Å². The fourth-order valence-electron chi connectivity index (χ4n) is 1.48. The Morgan fingerprint density at radius 1 is 1.35 bits per heavy atom. The molecule has 0 aliphatic heterocycles. The second-order valence-corrected chi connectivity index (χ2v) is 3.92. The lowest BCUT2D eigenvalue weighted by molar-refractivity contribution is 0.214. The van der Waals surface area contributed by atoms with Crippen molar-refractivity contribution < 1.29 is 9.90 Å². The maximum Gasteiger partial charge on any atom is 0.315 e. The van der Waals surface area contributed by atoms with Crippen molar-refractivity contribution in [1.29, 1.82) is 0 Å². The lowest BCUT2D eigenvalue weighted by Crippen LogP contribution is -2.44. The number of rotatable bonds is 6. The highest BCUT2D eigenvalue weighted by Gasteiger charge is 2.07. The predicted molar refractivity (Wildman–Crippen MR) is 67.8 cm³/mol. The predicted octanol–water partition coefficient (Wildman–Crippen LogP) is 1.30. The van der Waals surface area contributed by atoms with Crippen LogP contribution in [0.2, 0.25) is 0 Å². The molecule has 1 unspecified atom stereocenters. The van der Waals surface area contributed by atoms with Crippen LogP contribution >= 0.6 is 0 Å². The first-order valence-electron chi connectivity index (χ1n) is 5.95. The molecule has 0 fully saturated rings. The fourth-order valence-corrected chi connectivity index (χ4v) is 1.48. The summed E-state index contributed by atoms with van der Waals surface area (Å²) in [6.07, 6.45) is 1.53. The highest BCUT2D eigenvalue weighted by Crippen LogP contribution is 1.98. The molecule has 3 N–H and O–H groups in total. The number of amides is 2. The van der Waals surface area contributed by atoms with E-state index in [-0.39, 0.29) is 18.7 Å². The van der Waals surface area contributed by atoms with Crippen LogP contribution in [0.15, 0.2) is 30.3 Å². The van der Waals surface area contributed by atoms with Crippen LogP contribution in [0, 0.1) is 0 Å². The Balaban J connectivity index is 2.20. The van der Waals surface area contributed by atoms with Gasteiger partial charge in [-0.15, -0.1) is 0 Å². The first-order valence-corrected chi connectivity index (χ1v) is 5.95. The second kappa shape index (κ2) is 7.68. The average molecular weight is 236 g/mol. The van der Waals surface area contributed by atoms with Crippen molar-refractivity contribution in [1.82, 2.24) is 10.6 Å². The van der Waals surface area contributed by atoms with Crippen molar-refractivity contribution in [2.75, 3.05) is 13.2 Å². The van der Waals surface area contributed by atoms with Gasteiger partial charge in [-0.1, -0.05) is 37.3 Å². The zero-order chi connectivity index (χ0) is 12.5. The van der Waals surface area contributed by atoms with Crippen LogP contribution in [0.3, 0.4) is 0 Å². The molecule has 1 rings (SSSR count). The van der Waals surface area contributed by atoms with Gasteiger partial charge < -0.3 is 15.7 Å². The van der Waals surface area contributed by atoms with Crippen LogP contribution in [-0.4, -0.2) is 30.3 Å². The topological polar surface area (TPSA) is 61.4 Å². The van der Waals surface area contributed by atoms with Crippen molar-refractivity contribution in [3.05, 3.63) is 35.9 Å². The van der Waals surface area contributed by atoms with Gasteiger partial charge in [-0.2, -0.15) is 0 Å². The molecule has 0 saturated heterocycles. The third-order valence-corrected chi connectivity index (χ3v) is 2.59. The molecule has 0 saturated carbocycles. The molecule has 0 radical (unpaired) electrons. The van der Waals surface area contributed by atoms with Crippen LogP contribution in [0.5, 0.6) is 0 Å². The minimum atomic E-state index is -0.221. The maximum atomic E-state index is 11.4. The molecule has 4 heteroatoms. The van der Waals surface area contributed by atoms with E-state index in [1.807, 2.05) is 37.3 Å². The van der Waals surface area contributed by atoms with Gasteiger partial charge in [-0.05, 0) is 18.4 Å². The first kappa shape index (κ1) is 13.5. The third-order valence-electron chi connectivity index (χ3n) is 2.59. The maximum absolute atomic E-state index is 11.4. The lowest BCUT2D eigenvalue weighted by Gasteiger charge is -2.14. The summed E-state index contributed by atoms with van der Waals surface area (Å²) in [4.78, 5) is 11.4. The van der Waals surface area contributed by atoms with E-state index in [9.17, 15) is 4.79 Å². The highest BCUT2D eigenvalue weighted by atomic mass is 16.3. The van der Waals surface area contributed by atoms with E-state index >= 15 is 0 Å². The van der Waals surface area contributed by atoms with E-state index in [0.29, 0.717) is 6.54 Å². The summed E-state index contributed by atoms with van der Waals surface area (Å²) in [5.74, 6) is 0. The molecule has 0 heterocycles. The molecule has 2 amide bonds. The van der Waals surface area contributed by atoms with Crippen LogP contribution < -0.4 is 10.6 Å². The molecule has 0 spiro atoms. The van der Waals surface area contributed by atoms with Gasteiger partial charge in [0, 0.05) is 6.54 Å². The molecule has 1 aromatic carbocycles. The van der Waals surface area contributed by atoms with Gasteiger partial charge in [0.05, 0.1) is 12.6 Å². The number of nitrogens with one attached hydrogen (secondary N) is 2. The van der Waals surface area contributed by atoms with E-state index in [1.54, 1.807) is 0 Å². The molecule has 0 bridgehead atoms. The number of aliphatic hydroxyl groups is 1. The Kier molecular flexibility index (Phi) is 6.10. The summed E-state index contributed by atoms with van der Waals surface area (Å²) >= 11 is 0. The van der Waals surface area contributed by atoms with Crippen molar-refractivity contribution in [3.63, 3.8) is 0 Å². The molecule has 0 aliphatic rings. The molecule has 1 atom stereocenters. The molecular weight excluding hydrogens is 216 g/mol. The highest BCUT2D eigenvalue weighted by molar-refractivity contribution is 5.74. The zero-order valence-corrected chi connectivity index (χ0v) is 10.1. The van der Waals surface area contributed by atoms with Gasteiger partial charge in [0.25, 0.3) is 0 Å². The average Bonchev–Trinajstić information content (AvgIpc) is 2.37. The standard InChI is InChI=1S/C13H20N2O2/c1-2-12(10-16)15-13(17)14-9-8-11-6-4-3-5-7-11/h3-7,12,16H,2,8-10H2,1H3,(H2,14,15,17). The van der Waals surface area contributed by atoms with Crippen molar-refractivity contribution >= 4 is 6.03 Å². The second-order valence-electron chi connectivity index (χ2n) is 3.92. The molecule has 94 valence electrons. The van der Waals surface area contributed by atoms with Crippen LogP contribution in [0.4, 0.5) is 4.79 Å². The van der Waals surface area contributed by atoms with Gasteiger partial charge in [-0.3, -0.25) is 0 Å². The lowest BCUT2D eigenvalue weighted by atomic mass is 10.1. The zero-order valence-electron chi connectivity index (χ0n) is 10.1. The minimum Gasteiger partial charge on any atom is -0.394 e. The van der Waals surface area contributed by atoms with Crippen molar-refractivity contribution in [2.45, 2.75) is 25.8 Å². The summed E-state index contributed by atoms with van der Waals surface area (Å²) < 4.78 is 0.